The third-order valence-corrected chi connectivity index (χ3v) is 1.18. The zero-order valence-electron chi connectivity index (χ0n) is 5.12. The molecule has 0 amide bonds. The van der Waals surface area contributed by atoms with Crippen LogP contribution in [0.15, 0.2) is 12.5 Å². The number of halogens is 2. The minimum absolute atomic E-state index is 0.0500. The molecule has 1 aromatic rings. The van der Waals surface area contributed by atoms with Crippen LogP contribution >= 0.6 is 23.2 Å². The summed E-state index contributed by atoms with van der Waals surface area (Å²) in [6.07, 6.45) is 2.48. The first-order chi connectivity index (χ1) is 5.20. The van der Waals surface area contributed by atoms with Crippen molar-refractivity contribution in [1.82, 2.24) is 9.97 Å². The van der Waals surface area contributed by atoms with Gasteiger partial charge in [0.1, 0.15) is 6.33 Å². The number of ether oxygens (including phenoxy) is 1. The van der Waals surface area contributed by atoms with E-state index in [9.17, 15) is 4.79 Å². The van der Waals surface area contributed by atoms with Crippen molar-refractivity contribution in [3.8, 4) is 5.75 Å². The Hall–Kier alpha value is -0.870. The summed E-state index contributed by atoms with van der Waals surface area (Å²) in [5, 5.41) is 0.0500. The van der Waals surface area contributed by atoms with Crippen molar-refractivity contribution < 1.29 is 9.53 Å². The molecule has 0 aliphatic heterocycles. The quantitative estimate of drug-likeness (QED) is 0.504. The lowest BCUT2D eigenvalue weighted by Gasteiger charge is -1.98. The SMILES string of the molecule is O=C(Cl)Oc1cncnc1Cl. The van der Waals surface area contributed by atoms with Crippen LogP contribution in [0.5, 0.6) is 5.75 Å². The van der Waals surface area contributed by atoms with Crippen LogP contribution in [0.3, 0.4) is 0 Å². The van der Waals surface area contributed by atoms with E-state index in [0.717, 1.165) is 0 Å². The van der Waals surface area contributed by atoms with E-state index in [4.69, 9.17) is 23.2 Å². The minimum Gasteiger partial charge on any atom is -0.410 e. The predicted molar refractivity (Wildman–Crippen MR) is 38.9 cm³/mol. The second-order valence-electron chi connectivity index (χ2n) is 1.52. The molecule has 0 spiro atoms. The Labute approximate surface area is 72.1 Å². The zero-order valence-corrected chi connectivity index (χ0v) is 6.63. The van der Waals surface area contributed by atoms with E-state index >= 15 is 0 Å². The summed E-state index contributed by atoms with van der Waals surface area (Å²) < 4.78 is 4.41. The van der Waals surface area contributed by atoms with Crippen LogP contribution in [0.4, 0.5) is 4.79 Å². The normalized spacial score (nSPS) is 9.27. The van der Waals surface area contributed by atoms with Crippen molar-refractivity contribution in [1.29, 1.82) is 0 Å². The summed E-state index contributed by atoms with van der Waals surface area (Å²) in [5.74, 6) is 0.0502. The third-order valence-electron chi connectivity index (χ3n) is 0.823. The Balaban J connectivity index is 2.86. The molecule has 6 heteroatoms. The van der Waals surface area contributed by atoms with Crippen LogP contribution in [-0.2, 0) is 0 Å². The Morgan fingerprint density at radius 3 is 2.91 bits per heavy atom. The predicted octanol–water partition coefficient (Wildman–Crippen LogP) is 1.87. The Kier molecular flexibility index (Phi) is 2.62. The van der Waals surface area contributed by atoms with Crippen LogP contribution in [-0.4, -0.2) is 15.4 Å². The molecule has 0 unspecified atom stereocenters. The van der Waals surface area contributed by atoms with Crippen LogP contribution in [0.1, 0.15) is 0 Å². The first-order valence-corrected chi connectivity index (χ1v) is 3.28. The van der Waals surface area contributed by atoms with Crippen molar-refractivity contribution in [2.24, 2.45) is 0 Å². The Bertz CT molecular complexity index is 279. The minimum atomic E-state index is -0.971. The van der Waals surface area contributed by atoms with Crippen LogP contribution in [0.25, 0.3) is 0 Å². The summed E-state index contributed by atoms with van der Waals surface area (Å²) in [5.41, 5.74) is -0.971. The second-order valence-corrected chi connectivity index (χ2v) is 2.18. The molecule has 0 aromatic carbocycles. The first-order valence-electron chi connectivity index (χ1n) is 2.53. The van der Waals surface area contributed by atoms with E-state index in [0.29, 0.717) is 0 Å². The van der Waals surface area contributed by atoms with Gasteiger partial charge in [0.15, 0.2) is 10.9 Å². The number of hydrogen-bond acceptors (Lipinski definition) is 4. The van der Waals surface area contributed by atoms with Gasteiger partial charge in [0, 0.05) is 11.6 Å². The van der Waals surface area contributed by atoms with Crippen molar-refractivity contribution in [2.75, 3.05) is 0 Å². The van der Waals surface area contributed by atoms with Crippen LogP contribution in [0.2, 0.25) is 5.15 Å². The molecule has 0 aliphatic carbocycles. The summed E-state index contributed by atoms with van der Waals surface area (Å²) in [7, 11) is 0. The Morgan fingerprint density at radius 2 is 2.36 bits per heavy atom. The lowest BCUT2D eigenvalue weighted by molar-refractivity contribution is 0.225. The number of carbonyl (C=O) groups is 1. The van der Waals surface area contributed by atoms with Crippen molar-refractivity contribution in [3.05, 3.63) is 17.7 Å². The highest BCUT2D eigenvalue weighted by atomic mass is 35.5. The average Bonchev–Trinajstić information content (AvgIpc) is 1.93. The zero-order chi connectivity index (χ0) is 8.27. The van der Waals surface area contributed by atoms with E-state index in [1.165, 1.54) is 12.5 Å². The lowest BCUT2D eigenvalue weighted by atomic mass is 10.6. The standard InChI is InChI=1S/C5H2Cl2N2O2/c6-4-3(11-5(7)10)1-8-2-9-4/h1-2H. The molecule has 1 aromatic heterocycles. The van der Waals surface area contributed by atoms with Gasteiger partial charge in [0.25, 0.3) is 0 Å². The number of carbonyl (C=O) groups excluding carboxylic acids is 1. The van der Waals surface area contributed by atoms with Gasteiger partial charge in [-0.2, -0.15) is 0 Å². The third kappa shape index (κ3) is 2.32. The maximum Gasteiger partial charge on any atom is 0.409 e. The van der Waals surface area contributed by atoms with Gasteiger partial charge in [-0.05, 0) is 0 Å². The highest BCUT2D eigenvalue weighted by Gasteiger charge is 2.05. The monoisotopic (exact) mass is 192 g/mol. The molecule has 0 fully saturated rings. The molecule has 58 valence electrons. The molecular weight excluding hydrogens is 191 g/mol. The van der Waals surface area contributed by atoms with E-state index < -0.39 is 5.43 Å². The van der Waals surface area contributed by atoms with Gasteiger partial charge in [0.2, 0.25) is 0 Å². The van der Waals surface area contributed by atoms with Crippen LogP contribution in [0, 0.1) is 0 Å². The van der Waals surface area contributed by atoms with Gasteiger partial charge in [-0.1, -0.05) is 11.6 Å². The fourth-order valence-corrected chi connectivity index (χ4v) is 0.671. The van der Waals surface area contributed by atoms with Gasteiger partial charge < -0.3 is 4.74 Å². The summed E-state index contributed by atoms with van der Waals surface area (Å²) >= 11 is 10.4. The van der Waals surface area contributed by atoms with Gasteiger partial charge in [-0.15, -0.1) is 0 Å². The number of hydrogen-bond donors (Lipinski definition) is 0. The summed E-state index contributed by atoms with van der Waals surface area (Å²) in [6, 6.07) is 0. The fourth-order valence-electron chi connectivity index (χ4n) is 0.457. The molecule has 11 heavy (non-hydrogen) atoms. The molecule has 0 radical (unpaired) electrons. The highest BCUT2D eigenvalue weighted by Crippen LogP contribution is 2.19. The van der Waals surface area contributed by atoms with Gasteiger partial charge in [-0.25, -0.2) is 14.8 Å². The molecule has 0 saturated heterocycles. The largest absolute Gasteiger partial charge is 0.410 e. The second kappa shape index (κ2) is 3.50. The van der Waals surface area contributed by atoms with E-state index in [1.54, 1.807) is 0 Å². The first kappa shape index (κ1) is 8.23. The van der Waals surface area contributed by atoms with Gasteiger partial charge in [-0.3, -0.25) is 0 Å². The van der Waals surface area contributed by atoms with Gasteiger partial charge >= 0.3 is 5.43 Å². The average molecular weight is 193 g/mol. The molecule has 0 atom stereocenters. The molecule has 4 nitrogen and oxygen atoms in total. The molecule has 0 bridgehead atoms. The van der Waals surface area contributed by atoms with E-state index in [2.05, 4.69) is 14.7 Å². The van der Waals surface area contributed by atoms with E-state index in [-0.39, 0.29) is 10.9 Å². The van der Waals surface area contributed by atoms with Crippen molar-refractivity contribution in [3.63, 3.8) is 0 Å². The van der Waals surface area contributed by atoms with Crippen LogP contribution < -0.4 is 4.74 Å². The molecule has 1 rings (SSSR count). The molecule has 0 N–H and O–H groups in total. The van der Waals surface area contributed by atoms with Crippen molar-refractivity contribution in [2.45, 2.75) is 0 Å². The molecular formula is C5H2Cl2N2O2. The fraction of sp³-hybridized carbons (Fsp3) is 0. The lowest BCUT2D eigenvalue weighted by Crippen LogP contribution is -1.97. The number of aromatic nitrogens is 2. The Morgan fingerprint density at radius 1 is 1.64 bits per heavy atom. The van der Waals surface area contributed by atoms with E-state index in [1.807, 2.05) is 0 Å². The number of rotatable bonds is 1. The van der Waals surface area contributed by atoms with Gasteiger partial charge in [0.05, 0.1) is 6.20 Å². The smallest absolute Gasteiger partial charge is 0.409 e. The van der Waals surface area contributed by atoms with Crippen molar-refractivity contribution >= 4 is 28.6 Å². The summed E-state index contributed by atoms with van der Waals surface area (Å²) in [6.45, 7) is 0. The maximum atomic E-state index is 10.2. The summed E-state index contributed by atoms with van der Waals surface area (Å²) in [4.78, 5) is 17.3. The molecule has 0 saturated carbocycles. The maximum absolute atomic E-state index is 10.2. The number of nitrogens with zero attached hydrogens (tertiary/aromatic N) is 2. The molecule has 0 aliphatic rings. The molecule has 1 heterocycles. The topological polar surface area (TPSA) is 52.1 Å². The highest BCUT2D eigenvalue weighted by molar-refractivity contribution is 6.61.